The molecule has 1 saturated heterocycles. The van der Waals surface area contributed by atoms with Gasteiger partial charge in [-0.1, -0.05) is 65.2 Å². The van der Waals surface area contributed by atoms with Crippen LogP contribution in [0.3, 0.4) is 0 Å². The lowest BCUT2D eigenvalue weighted by Gasteiger charge is -2.32. The van der Waals surface area contributed by atoms with Crippen molar-refractivity contribution < 1.29 is 17.9 Å². The van der Waals surface area contributed by atoms with Crippen LogP contribution < -0.4 is 4.90 Å². The number of unbranched alkanes of at least 4 members (excludes halogenated alkanes) is 9. The Balaban J connectivity index is 0.00000101. The molecule has 1 N–H and O–H groups in total. The Labute approximate surface area is 157 Å². The predicted molar refractivity (Wildman–Crippen MR) is 106 cm³/mol. The summed E-state index contributed by atoms with van der Waals surface area (Å²) in [6, 6.07) is 0.988. The van der Waals surface area contributed by atoms with Crippen LogP contribution in [0.5, 0.6) is 0 Å². The van der Waals surface area contributed by atoms with Crippen LogP contribution in [0.15, 0.2) is 0 Å². The van der Waals surface area contributed by atoms with Gasteiger partial charge in [-0.2, -0.15) is 0 Å². The zero-order valence-electron chi connectivity index (χ0n) is 17.0. The molecule has 1 aliphatic rings. The molecular weight excluding hydrogens is 334 g/mol. The molecule has 1 fully saturated rings. The number of nitrogens with one attached hydrogen (secondary N) is 1. The van der Waals surface area contributed by atoms with Crippen LogP contribution in [-0.4, -0.2) is 38.4 Å². The Morgan fingerprint density at radius 2 is 1.36 bits per heavy atom. The minimum atomic E-state index is -3.92. The summed E-state index contributed by atoms with van der Waals surface area (Å²) in [6.07, 6.45) is 21.1. The molecule has 0 amide bonds. The predicted octanol–water partition coefficient (Wildman–Crippen LogP) is 3.92. The van der Waals surface area contributed by atoms with Crippen LogP contribution in [-0.2, 0) is 10.1 Å². The Kier molecular flexibility index (Phi) is 16.0. The fraction of sp³-hybridized carbons (Fsp3) is 1.00. The second-order valence-corrected chi connectivity index (χ2v) is 9.05. The van der Waals surface area contributed by atoms with Crippen LogP contribution in [0.1, 0.15) is 104 Å². The monoisotopic (exact) mass is 377 g/mol. The average molecular weight is 378 g/mol. The molecule has 0 aromatic rings. The van der Waals surface area contributed by atoms with Gasteiger partial charge in [-0.25, -0.2) is 8.42 Å². The summed E-state index contributed by atoms with van der Waals surface area (Å²) in [6.45, 7) is 7.59. The van der Waals surface area contributed by atoms with Gasteiger partial charge in [-0.15, -0.1) is 0 Å². The SMILES string of the molecule is CCCCCCCCCCCC[NH+]1CCCCC1CC.CS(=O)(=O)[O-]. The summed E-state index contributed by atoms with van der Waals surface area (Å²) in [7, 11) is -3.92. The molecule has 5 heteroatoms. The highest BCUT2D eigenvalue weighted by atomic mass is 32.2. The van der Waals surface area contributed by atoms with Gasteiger partial charge < -0.3 is 9.45 Å². The maximum absolute atomic E-state index is 9.08. The average Bonchev–Trinajstić information content (AvgIpc) is 2.55. The van der Waals surface area contributed by atoms with Gasteiger partial charge in [-0.05, 0) is 38.5 Å². The van der Waals surface area contributed by atoms with Crippen molar-refractivity contribution in [2.45, 2.75) is 110 Å². The summed E-state index contributed by atoms with van der Waals surface area (Å²) < 4.78 is 27.2. The summed E-state index contributed by atoms with van der Waals surface area (Å²) >= 11 is 0. The highest BCUT2D eigenvalue weighted by molar-refractivity contribution is 7.84. The van der Waals surface area contributed by atoms with Gasteiger partial charge in [0.15, 0.2) is 0 Å². The maximum Gasteiger partial charge on any atom is 0.0916 e. The van der Waals surface area contributed by atoms with Crippen LogP contribution >= 0.6 is 0 Å². The van der Waals surface area contributed by atoms with Crippen molar-refractivity contribution in [3.05, 3.63) is 0 Å². The lowest BCUT2D eigenvalue weighted by Crippen LogP contribution is -3.16. The van der Waals surface area contributed by atoms with Crippen molar-refractivity contribution in [3.8, 4) is 0 Å². The van der Waals surface area contributed by atoms with Gasteiger partial charge in [-0.3, -0.25) is 0 Å². The molecule has 25 heavy (non-hydrogen) atoms. The number of hydrogen-bond acceptors (Lipinski definition) is 3. The van der Waals surface area contributed by atoms with E-state index in [2.05, 4.69) is 13.8 Å². The van der Waals surface area contributed by atoms with Gasteiger partial charge in [0.25, 0.3) is 0 Å². The van der Waals surface area contributed by atoms with Crippen molar-refractivity contribution in [2.24, 2.45) is 0 Å². The topological polar surface area (TPSA) is 61.6 Å². The first-order valence-electron chi connectivity index (χ1n) is 10.6. The number of hydrogen-bond donors (Lipinski definition) is 1. The molecule has 1 rings (SSSR count). The first-order chi connectivity index (χ1) is 11.9. The third-order valence-electron chi connectivity index (χ3n) is 5.22. The molecule has 0 aromatic carbocycles. The fourth-order valence-corrected chi connectivity index (χ4v) is 3.81. The van der Waals surface area contributed by atoms with Gasteiger partial charge in [0.05, 0.1) is 29.2 Å². The van der Waals surface area contributed by atoms with Crippen LogP contribution in [0.2, 0.25) is 0 Å². The molecule has 1 heterocycles. The van der Waals surface area contributed by atoms with E-state index in [1.165, 1.54) is 103 Å². The molecule has 0 spiro atoms. The van der Waals surface area contributed by atoms with E-state index in [1.54, 1.807) is 0 Å². The van der Waals surface area contributed by atoms with Crippen molar-refractivity contribution in [1.82, 2.24) is 0 Å². The fourth-order valence-electron chi connectivity index (χ4n) is 3.81. The second kappa shape index (κ2) is 16.1. The van der Waals surface area contributed by atoms with E-state index in [4.69, 9.17) is 13.0 Å². The number of quaternary nitrogens is 1. The number of piperidine rings is 1. The molecule has 2 atom stereocenters. The lowest BCUT2D eigenvalue weighted by molar-refractivity contribution is -0.931. The van der Waals surface area contributed by atoms with Gasteiger partial charge in [0.1, 0.15) is 0 Å². The van der Waals surface area contributed by atoms with Crippen molar-refractivity contribution >= 4 is 10.1 Å². The van der Waals surface area contributed by atoms with E-state index in [9.17, 15) is 0 Å². The third kappa shape index (κ3) is 18.5. The molecule has 2 unspecified atom stereocenters. The van der Waals surface area contributed by atoms with Gasteiger partial charge in [0.2, 0.25) is 0 Å². The van der Waals surface area contributed by atoms with E-state index in [0.717, 1.165) is 6.04 Å². The standard InChI is InChI=1S/C19H39N.CH4O3S/c1-3-5-6-7-8-9-10-11-12-14-17-20-18-15-13-16-19(20)4-2;1-5(2,3)4/h19H,3-18H2,1-2H3;1H3,(H,2,3,4). The highest BCUT2D eigenvalue weighted by Crippen LogP contribution is 2.10. The van der Waals surface area contributed by atoms with E-state index in [-0.39, 0.29) is 0 Å². The molecule has 1 aliphatic heterocycles. The Hall–Kier alpha value is -0.130. The zero-order valence-corrected chi connectivity index (χ0v) is 17.8. The molecule has 4 nitrogen and oxygen atoms in total. The van der Waals surface area contributed by atoms with Crippen molar-refractivity contribution in [3.63, 3.8) is 0 Å². The molecular formula is C20H43NO3S. The lowest BCUT2D eigenvalue weighted by atomic mass is 9.99. The summed E-state index contributed by atoms with van der Waals surface area (Å²) in [5, 5.41) is 0. The minimum absolute atomic E-state index is 0.604. The quantitative estimate of drug-likeness (QED) is 0.414. The first kappa shape index (κ1) is 24.9. The largest absolute Gasteiger partial charge is 0.748 e. The Morgan fingerprint density at radius 3 is 1.84 bits per heavy atom. The summed E-state index contributed by atoms with van der Waals surface area (Å²) in [5.74, 6) is 0. The summed E-state index contributed by atoms with van der Waals surface area (Å²) in [4.78, 5) is 1.93. The van der Waals surface area contributed by atoms with Crippen molar-refractivity contribution in [2.75, 3.05) is 19.3 Å². The van der Waals surface area contributed by atoms with E-state index < -0.39 is 10.1 Å². The zero-order chi connectivity index (χ0) is 19.0. The molecule has 0 aliphatic carbocycles. The smallest absolute Gasteiger partial charge is 0.0916 e. The van der Waals surface area contributed by atoms with E-state index >= 15 is 0 Å². The third-order valence-corrected chi connectivity index (χ3v) is 5.22. The second-order valence-electron chi connectivity index (χ2n) is 7.65. The molecule has 0 radical (unpaired) electrons. The molecule has 0 bridgehead atoms. The highest BCUT2D eigenvalue weighted by Gasteiger charge is 2.23. The first-order valence-corrected chi connectivity index (χ1v) is 12.5. The Morgan fingerprint density at radius 1 is 0.880 bits per heavy atom. The normalized spacial score (nSPS) is 20.8. The van der Waals surface area contributed by atoms with Crippen LogP contribution in [0.4, 0.5) is 0 Å². The van der Waals surface area contributed by atoms with Crippen LogP contribution in [0, 0.1) is 0 Å². The minimum Gasteiger partial charge on any atom is -0.748 e. The van der Waals surface area contributed by atoms with E-state index in [1.807, 2.05) is 4.90 Å². The van der Waals surface area contributed by atoms with Gasteiger partial charge in [0, 0.05) is 6.26 Å². The number of rotatable bonds is 12. The van der Waals surface area contributed by atoms with E-state index in [0.29, 0.717) is 6.26 Å². The van der Waals surface area contributed by atoms with Crippen molar-refractivity contribution in [1.29, 1.82) is 0 Å². The van der Waals surface area contributed by atoms with Gasteiger partial charge >= 0.3 is 0 Å². The summed E-state index contributed by atoms with van der Waals surface area (Å²) in [5.41, 5.74) is 0. The molecule has 152 valence electrons. The maximum atomic E-state index is 9.08. The number of likely N-dealkylation sites (tertiary alicyclic amines) is 1. The Bertz CT molecular complexity index is 376. The van der Waals surface area contributed by atoms with Crippen LogP contribution in [0.25, 0.3) is 0 Å². The molecule has 0 aromatic heterocycles. The molecule has 0 saturated carbocycles.